The van der Waals surface area contributed by atoms with Crippen LogP contribution in [0.5, 0.6) is 0 Å². The third-order valence-electron chi connectivity index (χ3n) is 5.30. The summed E-state index contributed by atoms with van der Waals surface area (Å²) in [5.41, 5.74) is 3.39. The summed E-state index contributed by atoms with van der Waals surface area (Å²) in [6.45, 7) is 2.12. The molecule has 3 aromatic carbocycles. The van der Waals surface area contributed by atoms with Crippen LogP contribution in [0.4, 0.5) is 13.2 Å². The van der Waals surface area contributed by atoms with Crippen LogP contribution in [-0.4, -0.2) is 4.98 Å². The Morgan fingerprint density at radius 1 is 0.800 bits per heavy atom. The van der Waals surface area contributed by atoms with Gasteiger partial charge in [-0.15, -0.1) is 0 Å². The standard InChI is InChI=1S/C26H22F3N/c1-2-3-6-18-9-11-19(12-10-18)22-17-21(13-15-23(22)26(27,28)29)25-16-14-20-7-4-5-8-24(20)30-25/h4-5,7-17H,2-3,6H2,1H3. The minimum Gasteiger partial charge on any atom is -0.248 e. The molecule has 0 amide bonds. The van der Waals surface area contributed by atoms with Crippen LogP contribution in [0.3, 0.4) is 0 Å². The van der Waals surface area contributed by atoms with Gasteiger partial charge in [-0.3, -0.25) is 0 Å². The second kappa shape index (κ2) is 8.31. The van der Waals surface area contributed by atoms with Gasteiger partial charge in [-0.1, -0.05) is 67.9 Å². The van der Waals surface area contributed by atoms with Crippen LogP contribution >= 0.6 is 0 Å². The fourth-order valence-electron chi connectivity index (χ4n) is 3.65. The third kappa shape index (κ3) is 4.23. The first-order valence-corrected chi connectivity index (χ1v) is 10.1. The molecule has 4 rings (SSSR count). The number of hydrogen-bond acceptors (Lipinski definition) is 1. The molecule has 0 spiro atoms. The summed E-state index contributed by atoms with van der Waals surface area (Å²) >= 11 is 0. The zero-order chi connectivity index (χ0) is 21.1. The molecule has 0 bridgehead atoms. The Balaban J connectivity index is 1.79. The Morgan fingerprint density at radius 3 is 2.27 bits per heavy atom. The highest BCUT2D eigenvalue weighted by molar-refractivity contribution is 5.82. The van der Waals surface area contributed by atoms with Gasteiger partial charge in [0.15, 0.2) is 0 Å². The maximum absolute atomic E-state index is 13.7. The maximum Gasteiger partial charge on any atom is 0.417 e. The van der Waals surface area contributed by atoms with Crippen LogP contribution in [0.25, 0.3) is 33.3 Å². The number of rotatable bonds is 5. The fourth-order valence-corrected chi connectivity index (χ4v) is 3.65. The molecule has 0 atom stereocenters. The SMILES string of the molecule is CCCCc1ccc(-c2cc(-c3ccc4ccccc4n3)ccc2C(F)(F)F)cc1. The average molecular weight is 405 g/mol. The molecule has 0 saturated heterocycles. The first-order valence-electron chi connectivity index (χ1n) is 10.1. The monoisotopic (exact) mass is 405 g/mol. The number of aryl methyl sites for hydroxylation is 1. The Labute approximate surface area is 174 Å². The highest BCUT2D eigenvalue weighted by Crippen LogP contribution is 2.39. The summed E-state index contributed by atoms with van der Waals surface area (Å²) in [6, 6.07) is 23.2. The molecule has 0 aliphatic heterocycles. The maximum atomic E-state index is 13.7. The molecule has 1 nitrogen and oxygen atoms in total. The molecular formula is C26H22F3N. The van der Waals surface area contributed by atoms with Crippen LogP contribution in [0.1, 0.15) is 30.9 Å². The van der Waals surface area contributed by atoms with Gasteiger partial charge in [0.25, 0.3) is 0 Å². The number of benzene rings is 3. The van der Waals surface area contributed by atoms with Gasteiger partial charge in [0.1, 0.15) is 0 Å². The highest BCUT2D eigenvalue weighted by atomic mass is 19.4. The van der Waals surface area contributed by atoms with Crippen molar-refractivity contribution in [1.29, 1.82) is 0 Å². The number of pyridine rings is 1. The Morgan fingerprint density at radius 2 is 1.53 bits per heavy atom. The van der Waals surface area contributed by atoms with Gasteiger partial charge in [0.2, 0.25) is 0 Å². The second-order valence-electron chi connectivity index (χ2n) is 7.45. The third-order valence-corrected chi connectivity index (χ3v) is 5.30. The molecule has 0 radical (unpaired) electrons. The first kappa shape index (κ1) is 20.1. The van der Waals surface area contributed by atoms with Crippen molar-refractivity contribution in [3.8, 4) is 22.4 Å². The number of aromatic nitrogens is 1. The highest BCUT2D eigenvalue weighted by Gasteiger charge is 2.33. The van der Waals surface area contributed by atoms with Crippen molar-refractivity contribution < 1.29 is 13.2 Å². The smallest absolute Gasteiger partial charge is 0.248 e. The van der Waals surface area contributed by atoms with Gasteiger partial charge >= 0.3 is 6.18 Å². The molecule has 30 heavy (non-hydrogen) atoms. The van der Waals surface area contributed by atoms with E-state index in [2.05, 4.69) is 11.9 Å². The van der Waals surface area contributed by atoms with E-state index >= 15 is 0 Å². The zero-order valence-electron chi connectivity index (χ0n) is 16.7. The lowest BCUT2D eigenvalue weighted by Gasteiger charge is -2.15. The number of fused-ring (bicyclic) bond motifs is 1. The molecular weight excluding hydrogens is 383 g/mol. The summed E-state index contributed by atoms with van der Waals surface area (Å²) in [6.07, 6.45) is -1.34. The van der Waals surface area contributed by atoms with E-state index in [0.29, 0.717) is 16.8 Å². The summed E-state index contributed by atoms with van der Waals surface area (Å²) in [7, 11) is 0. The largest absolute Gasteiger partial charge is 0.417 e. The number of unbranched alkanes of at least 4 members (excludes halogenated alkanes) is 1. The summed E-state index contributed by atoms with van der Waals surface area (Å²) in [4.78, 5) is 4.64. The van der Waals surface area contributed by atoms with Crippen LogP contribution in [0.15, 0.2) is 78.9 Å². The van der Waals surface area contributed by atoms with E-state index in [4.69, 9.17) is 0 Å². The number of nitrogens with zero attached hydrogens (tertiary/aromatic N) is 1. The van der Waals surface area contributed by atoms with Crippen molar-refractivity contribution in [1.82, 2.24) is 4.98 Å². The Bertz CT molecular complexity index is 1160. The average Bonchev–Trinajstić information content (AvgIpc) is 2.76. The lowest BCUT2D eigenvalue weighted by atomic mass is 9.94. The minimum atomic E-state index is -4.43. The molecule has 1 heterocycles. The van der Waals surface area contributed by atoms with Gasteiger partial charge in [-0.25, -0.2) is 4.98 Å². The van der Waals surface area contributed by atoms with E-state index < -0.39 is 11.7 Å². The molecule has 0 aliphatic rings. The van der Waals surface area contributed by atoms with Crippen molar-refractivity contribution >= 4 is 10.9 Å². The van der Waals surface area contributed by atoms with Crippen molar-refractivity contribution in [3.63, 3.8) is 0 Å². The summed E-state index contributed by atoms with van der Waals surface area (Å²) in [5, 5.41) is 0.996. The second-order valence-corrected chi connectivity index (χ2v) is 7.45. The predicted molar refractivity (Wildman–Crippen MR) is 116 cm³/mol. The molecule has 0 unspecified atom stereocenters. The van der Waals surface area contributed by atoms with E-state index in [0.717, 1.165) is 41.8 Å². The Kier molecular flexibility index (Phi) is 5.58. The zero-order valence-corrected chi connectivity index (χ0v) is 16.7. The van der Waals surface area contributed by atoms with Crippen molar-refractivity contribution in [2.24, 2.45) is 0 Å². The Hall–Kier alpha value is -3.14. The first-order chi connectivity index (χ1) is 14.5. The number of para-hydroxylation sites is 1. The van der Waals surface area contributed by atoms with Gasteiger partial charge in [-0.2, -0.15) is 13.2 Å². The normalized spacial score (nSPS) is 11.7. The predicted octanol–water partition coefficient (Wildman–Crippen LogP) is 7.93. The number of alkyl halides is 3. The van der Waals surface area contributed by atoms with Crippen molar-refractivity contribution in [2.45, 2.75) is 32.4 Å². The minimum absolute atomic E-state index is 0.178. The van der Waals surface area contributed by atoms with Gasteiger partial charge in [-0.05, 0) is 53.8 Å². The van der Waals surface area contributed by atoms with Gasteiger partial charge in [0.05, 0.1) is 16.8 Å². The molecule has 152 valence electrons. The lowest BCUT2D eigenvalue weighted by Crippen LogP contribution is -2.07. The number of halogens is 3. The topological polar surface area (TPSA) is 12.9 Å². The fraction of sp³-hybridized carbons (Fsp3) is 0.192. The van der Waals surface area contributed by atoms with E-state index in [1.54, 1.807) is 18.2 Å². The van der Waals surface area contributed by atoms with Gasteiger partial charge < -0.3 is 0 Å². The summed E-state index contributed by atoms with van der Waals surface area (Å²) < 4.78 is 41.1. The molecule has 4 heteroatoms. The molecule has 4 aromatic rings. The van der Waals surface area contributed by atoms with E-state index in [-0.39, 0.29) is 5.56 Å². The van der Waals surface area contributed by atoms with Crippen LogP contribution in [0, 0.1) is 0 Å². The lowest BCUT2D eigenvalue weighted by molar-refractivity contribution is -0.137. The summed E-state index contributed by atoms with van der Waals surface area (Å²) in [5.74, 6) is 0. The molecule has 0 saturated carbocycles. The van der Waals surface area contributed by atoms with E-state index in [9.17, 15) is 13.2 Å². The molecule has 0 N–H and O–H groups in total. The van der Waals surface area contributed by atoms with Crippen LogP contribution in [0.2, 0.25) is 0 Å². The van der Waals surface area contributed by atoms with Crippen LogP contribution < -0.4 is 0 Å². The molecule has 0 fully saturated rings. The van der Waals surface area contributed by atoms with Crippen molar-refractivity contribution in [3.05, 3.63) is 90.0 Å². The number of hydrogen-bond donors (Lipinski definition) is 0. The van der Waals surface area contributed by atoms with E-state index in [1.165, 1.54) is 6.07 Å². The quantitative estimate of drug-likeness (QED) is 0.328. The van der Waals surface area contributed by atoms with E-state index in [1.807, 2.05) is 48.5 Å². The van der Waals surface area contributed by atoms with Crippen molar-refractivity contribution in [2.75, 3.05) is 0 Å². The van der Waals surface area contributed by atoms with Crippen LogP contribution in [-0.2, 0) is 12.6 Å². The van der Waals surface area contributed by atoms with Gasteiger partial charge in [0, 0.05) is 10.9 Å². The molecule has 1 aromatic heterocycles. The molecule has 0 aliphatic carbocycles.